The first-order valence-electron chi connectivity index (χ1n) is 12.6. The van der Waals surface area contributed by atoms with Crippen molar-refractivity contribution in [2.75, 3.05) is 53.0 Å². The second-order valence-electron chi connectivity index (χ2n) is 10.2. The molecule has 2 N–H and O–H groups in total. The number of piperazine rings is 1. The molecule has 3 fully saturated rings. The second-order valence-corrected chi connectivity index (χ2v) is 10.2. The number of carbonyl (C=O) groups excluding carboxylic acids is 1. The molecule has 32 heavy (non-hydrogen) atoms. The van der Waals surface area contributed by atoms with Gasteiger partial charge in [-0.15, -0.1) is 0 Å². The molecule has 0 unspecified atom stereocenters. The fourth-order valence-electron chi connectivity index (χ4n) is 5.85. The molecule has 4 rings (SSSR count). The molecule has 2 aliphatic heterocycles. The van der Waals surface area contributed by atoms with Gasteiger partial charge in [-0.05, 0) is 57.1 Å². The number of ether oxygens (including phenoxy) is 1. The van der Waals surface area contributed by atoms with Gasteiger partial charge < -0.3 is 20.1 Å². The van der Waals surface area contributed by atoms with E-state index in [4.69, 9.17) is 4.74 Å². The number of aliphatic hydroxyl groups excluding tert-OH is 1. The summed E-state index contributed by atoms with van der Waals surface area (Å²) in [5, 5.41) is 14.4. The van der Waals surface area contributed by atoms with Crippen LogP contribution in [0.25, 0.3) is 0 Å². The number of aliphatic hydroxyl groups is 1. The number of nitrogens with zero attached hydrogens (tertiary/aromatic N) is 2. The molecule has 1 amide bonds. The van der Waals surface area contributed by atoms with Crippen LogP contribution in [0.1, 0.15) is 50.5 Å². The van der Waals surface area contributed by atoms with E-state index in [9.17, 15) is 9.90 Å². The molecular weight excluding hydrogens is 402 g/mol. The smallest absolute Gasteiger partial charge is 0.220 e. The molecule has 2 saturated heterocycles. The van der Waals surface area contributed by atoms with Gasteiger partial charge in [-0.3, -0.25) is 9.69 Å². The summed E-state index contributed by atoms with van der Waals surface area (Å²) in [5.74, 6) is 0.599. The van der Waals surface area contributed by atoms with E-state index in [1.165, 1.54) is 5.56 Å². The van der Waals surface area contributed by atoms with Crippen LogP contribution in [0.4, 0.5) is 0 Å². The Balaban J connectivity index is 1.44. The Hall–Kier alpha value is -1.47. The van der Waals surface area contributed by atoms with E-state index in [0.717, 1.165) is 77.9 Å². The summed E-state index contributed by atoms with van der Waals surface area (Å²) in [4.78, 5) is 17.7. The zero-order valence-corrected chi connectivity index (χ0v) is 19.7. The fraction of sp³-hybridized carbons (Fsp3) is 0.731. The van der Waals surface area contributed by atoms with Crippen LogP contribution in [0.5, 0.6) is 0 Å². The van der Waals surface area contributed by atoms with Crippen LogP contribution in [-0.2, 0) is 14.9 Å². The molecule has 1 aromatic rings. The minimum Gasteiger partial charge on any atom is -0.391 e. The number of likely N-dealkylation sites (N-methyl/N-ethyl adjacent to an activating group) is 1. The molecule has 1 aromatic carbocycles. The Morgan fingerprint density at radius 2 is 1.75 bits per heavy atom. The topological polar surface area (TPSA) is 65.0 Å². The first kappa shape index (κ1) is 23.7. The number of hydrogen-bond acceptors (Lipinski definition) is 5. The predicted octanol–water partition coefficient (Wildman–Crippen LogP) is 2.41. The third-order valence-corrected chi connectivity index (χ3v) is 8.11. The highest BCUT2D eigenvalue weighted by Gasteiger charge is 2.40. The maximum absolute atomic E-state index is 12.8. The number of hydrogen-bond donors (Lipinski definition) is 2. The summed E-state index contributed by atoms with van der Waals surface area (Å²) in [7, 11) is 2.17. The summed E-state index contributed by atoms with van der Waals surface area (Å²) in [6.07, 6.45) is 5.90. The molecule has 2 heterocycles. The zero-order chi connectivity index (χ0) is 22.4. The van der Waals surface area contributed by atoms with Gasteiger partial charge in [-0.25, -0.2) is 0 Å². The molecule has 0 aromatic heterocycles. The summed E-state index contributed by atoms with van der Waals surface area (Å²) in [6.45, 7) is 6.39. The minimum atomic E-state index is -0.304. The van der Waals surface area contributed by atoms with Crippen molar-refractivity contribution >= 4 is 5.91 Å². The number of carbonyl (C=O) groups is 1. The van der Waals surface area contributed by atoms with Gasteiger partial charge in [0.1, 0.15) is 0 Å². The van der Waals surface area contributed by atoms with E-state index < -0.39 is 0 Å². The first-order valence-corrected chi connectivity index (χ1v) is 12.6. The Morgan fingerprint density at radius 3 is 2.47 bits per heavy atom. The molecular formula is C26H41N3O3. The van der Waals surface area contributed by atoms with Gasteiger partial charge in [0, 0.05) is 63.8 Å². The lowest BCUT2D eigenvalue weighted by Gasteiger charge is -2.39. The summed E-state index contributed by atoms with van der Waals surface area (Å²) < 4.78 is 5.44. The highest BCUT2D eigenvalue weighted by atomic mass is 16.5. The number of rotatable bonds is 6. The monoisotopic (exact) mass is 443 g/mol. The van der Waals surface area contributed by atoms with Crippen LogP contribution in [0, 0.1) is 5.92 Å². The normalized spacial score (nSPS) is 31.2. The largest absolute Gasteiger partial charge is 0.391 e. The van der Waals surface area contributed by atoms with Crippen LogP contribution in [-0.4, -0.2) is 85.9 Å². The van der Waals surface area contributed by atoms with E-state index in [2.05, 4.69) is 52.5 Å². The first-order chi connectivity index (χ1) is 15.6. The van der Waals surface area contributed by atoms with Crippen LogP contribution >= 0.6 is 0 Å². The summed E-state index contributed by atoms with van der Waals surface area (Å²) >= 11 is 0. The number of nitrogens with one attached hydrogen (secondary N) is 1. The fourth-order valence-corrected chi connectivity index (χ4v) is 5.85. The maximum atomic E-state index is 12.8. The van der Waals surface area contributed by atoms with E-state index >= 15 is 0 Å². The van der Waals surface area contributed by atoms with E-state index in [-0.39, 0.29) is 23.5 Å². The Bertz CT molecular complexity index is 716. The lowest BCUT2D eigenvalue weighted by atomic mass is 9.74. The minimum absolute atomic E-state index is 0.116. The highest BCUT2D eigenvalue weighted by molar-refractivity contribution is 5.76. The molecule has 1 saturated carbocycles. The van der Waals surface area contributed by atoms with Crippen molar-refractivity contribution in [2.24, 2.45) is 5.92 Å². The van der Waals surface area contributed by atoms with Crippen molar-refractivity contribution in [3.63, 3.8) is 0 Å². The standard InChI is InChI=1S/C26H41N3O3/c1-28-13-15-29(16-14-28)23-7-11-26(12-8-24(23)30,22-5-3-2-4-6-22)20-27-25(31)19-21-9-17-32-18-10-21/h2-6,21,23-24,30H,7-20H2,1H3,(H,27,31)/t23-,24-,26-/m0/s1. The predicted molar refractivity (Wildman–Crippen MR) is 127 cm³/mol. The lowest BCUT2D eigenvalue weighted by molar-refractivity contribution is -0.123. The Labute approximate surface area is 193 Å². The van der Waals surface area contributed by atoms with Gasteiger partial charge in [-0.2, -0.15) is 0 Å². The molecule has 3 atom stereocenters. The van der Waals surface area contributed by atoms with E-state index in [0.29, 0.717) is 18.9 Å². The van der Waals surface area contributed by atoms with Crippen LogP contribution < -0.4 is 5.32 Å². The molecule has 178 valence electrons. The second kappa shape index (κ2) is 11.1. The van der Waals surface area contributed by atoms with Gasteiger partial charge in [0.15, 0.2) is 0 Å². The van der Waals surface area contributed by atoms with Gasteiger partial charge in [-0.1, -0.05) is 30.3 Å². The van der Waals surface area contributed by atoms with Crippen LogP contribution in [0.3, 0.4) is 0 Å². The Morgan fingerprint density at radius 1 is 1.06 bits per heavy atom. The van der Waals surface area contributed by atoms with Gasteiger partial charge in [0.25, 0.3) is 0 Å². The number of benzene rings is 1. The average molecular weight is 444 g/mol. The van der Waals surface area contributed by atoms with Gasteiger partial charge in [0.05, 0.1) is 6.10 Å². The van der Waals surface area contributed by atoms with Crippen molar-refractivity contribution in [1.82, 2.24) is 15.1 Å². The van der Waals surface area contributed by atoms with Crippen molar-refractivity contribution in [2.45, 2.75) is 62.5 Å². The van der Waals surface area contributed by atoms with Crippen LogP contribution in [0.15, 0.2) is 30.3 Å². The highest BCUT2D eigenvalue weighted by Crippen LogP contribution is 2.39. The molecule has 6 heteroatoms. The molecule has 6 nitrogen and oxygen atoms in total. The lowest BCUT2D eigenvalue weighted by Crippen LogP contribution is -2.52. The zero-order valence-electron chi connectivity index (χ0n) is 19.7. The summed E-state index contributed by atoms with van der Waals surface area (Å²) in [6, 6.07) is 10.9. The van der Waals surface area contributed by atoms with Crippen molar-refractivity contribution in [1.29, 1.82) is 0 Å². The summed E-state index contributed by atoms with van der Waals surface area (Å²) in [5.41, 5.74) is 1.17. The van der Waals surface area contributed by atoms with E-state index in [1.807, 2.05) is 0 Å². The molecule has 3 aliphatic rings. The van der Waals surface area contributed by atoms with Crippen molar-refractivity contribution in [3.8, 4) is 0 Å². The van der Waals surface area contributed by atoms with Gasteiger partial charge >= 0.3 is 0 Å². The maximum Gasteiger partial charge on any atom is 0.220 e. The molecule has 0 bridgehead atoms. The molecule has 0 spiro atoms. The quantitative estimate of drug-likeness (QED) is 0.661. The van der Waals surface area contributed by atoms with Crippen molar-refractivity contribution in [3.05, 3.63) is 35.9 Å². The van der Waals surface area contributed by atoms with Crippen LogP contribution in [0.2, 0.25) is 0 Å². The Kier molecular flexibility index (Phi) is 8.22. The number of amides is 1. The molecule has 1 aliphatic carbocycles. The van der Waals surface area contributed by atoms with E-state index in [1.54, 1.807) is 0 Å². The van der Waals surface area contributed by atoms with Crippen molar-refractivity contribution < 1.29 is 14.6 Å². The molecule has 0 radical (unpaired) electrons. The third kappa shape index (κ3) is 5.90. The average Bonchev–Trinajstić information content (AvgIpc) is 2.99. The van der Waals surface area contributed by atoms with Gasteiger partial charge in [0.2, 0.25) is 5.91 Å². The SMILES string of the molecule is CN1CCN([C@H]2CC[C@](CNC(=O)CC3CCOCC3)(c3ccccc3)CC[C@@H]2O)CC1. The third-order valence-electron chi connectivity index (χ3n) is 8.11.